The number of fused-ring (bicyclic) bond motifs is 6. The van der Waals surface area contributed by atoms with Crippen LogP contribution in [0.2, 0.25) is 0 Å². The van der Waals surface area contributed by atoms with Gasteiger partial charge in [0, 0.05) is 71.2 Å². The van der Waals surface area contributed by atoms with Crippen LogP contribution in [0.25, 0.3) is 43.6 Å². The first-order valence-electron chi connectivity index (χ1n) is 18.5. The zero-order valence-electron chi connectivity index (χ0n) is 29.3. The summed E-state index contributed by atoms with van der Waals surface area (Å²) in [6.07, 6.45) is 9.26. The lowest BCUT2D eigenvalue weighted by atomic mass is 10.1. The fraction of sp³-hybridized carbons (Fsp3) is 0.244. The Labute approximate surface area is 300 Å². The summed E-state index contributed by atoms with van der Waals surface area (Å²) < 4.78 is 4.99. The van der Waals surface area contributed by atoms with E-state index in [1.807, 2.05) is 12.4 Å². The van der Waals surface area contributed by atoms with E-state index >= 15 is 0 Å². The molecule has 0 radical (unpaired) electrons. The normalized spacial score (nSPS) is 11.8. The van der Waals surface area contributed by atoms with Gasteiger partial charge in [-0.3, -0.25) is 9.97 Å². The first-order chi connectivity index (χ1) is 25.3. The molecule has 6 nitrogen and oxygen atoms in total. The van der Waals surface area contributed by atoms with Gasteiger partial charge in [0.15, 0.2) is 0 Å². The Kier molecular flexibility index (Phi) is 10.1. The molecule has 0 bridgehead atoms. The minimum Gasteiger partial charge on any atom is -0.339 e. The summed E-state index contributed by atoms with van der Waals surface area (Å²) in [5.41, 5.74) is 10.1. The minimum absolute atomic E-state index is 0.746. The van der Waals surface area contributed by atoms with Crippen molar-refractivity contribution < 1.29 is 0 Å². The second-order valence-corrected chi connectivity index (χ2v) is 13.5. The summed E-state index contributed by atoms with van der Waals surface area (Å²) in [6, 6.07) is 43.5. The average molecular weight is 671 g/mol. The SMILES string of the molecule is c1ccc(CCCn2c3ccccc3c3ccnc(CNCCCNCc4nccc5c6ccccc6n(CCCc6ccccc6)c45)c32)cc1. The predicted molar refractivity (Wildman–Crippen MR) is 212 cm³/mol. The van der Waals surface area contributed by atoms with E-state index in [2.05, 4.69) is 141 Å². The highest BCUT2D eigenvalue weighted by Crippen LogP contribution is 2.32. The Morgan fingerprint density at radius 1 is 0.431 bits per heavy atom. The summed E-state index contributed by atoms with van der Waals surface area (Å²) in [6.45, 7) is 5.25. The fourth-order valence-corrected chi connectivity index (χ4v) is 7.79. The third-order valence-corrected chi connectivity index (χ3v) is 10.2. The number of para-hydroxylation sites is 2. The summed E-state index contributed by atoms with van der Waals surface area (Å²) in [7, 11) is 0. The zero-order chi connectivity index (χ0) is 34.2. The van der Waals surface area contributed by atoms with Gasteiger partial charge in [0.1, 0.15) is 0 Å². The van der Waals surface area contributed by atoms with Crippen LogP contribution in [0, 0.1) is 0 Å². The van der Waals surface area contributed by atoms with Crippen LogP contribution in [0.1, 0.15) is 41.8 Å². The molecule has 0 aliphatic heterocycles. The van der Waals surface area contributed by atoms with Crippen LogP contribution in [0.4, 0.5) is 0 Å². The molecule has 2 N–H and O–H groups in total. The number of hydrogen-bond donors (Lipinski definition) is 2. The van der Waals surface area contributed by atoms with Crippen LogP contribution in [0.5, 0.6) is 0 Å². The van der Waals surface area contributed by atoms with Crippen LogP contribution in [-0.4, -0.2) is 32.2 Å². The highest BCUT2D eigenvalue weighted by molar-refractivity contribution is 6.09. The molecule has 4 aromatic carbocycles. The number of hydrogen-bond acceptors (Lipinski definition) is 4. The van der Waals surface area contributed by atoms with Gasteiger partial charge in [-0.05, 0) is 80.6 Å². The van der Waals surface area contributed by atoms with Gasteiger partial charge in [0.2, 0.25) is 0 Å². The fourth-order valence-electron chi connectivity index (χ4n) is 7.79. The Hall–Kier alpha value is -5.30. The van der Waals surface area contributed by atoms with E-state index in [9.17, 15) is 0 Å². The van der Waals surface area contributed by atoms with Crippen molar-refractivity contribution in [1.29, 1.82) is 0 Å². The van der Waals surface area contributed by atoms with Crippen LogP contribution in [0.3, 0.4) is 0 Å². The molecule has 0 aliphatic rings. The van der Waals surface area contributed by atoms with Crippen molar-refractivity contribution in [3.8, 4) is 0 Å². The minimum atomic E-state index is 0.746. The van der Waals surface area contributed by atoms with Gasteiger partial charge in [-0.15, -0.1) is 0 Å². The van der Waals surface area contributed by atoms with E-state index in [0.29, 0.717) is 0 Å². The quantitative estimate of drug-likeness (QED) is 0.101. The largest absolute Gasteiger partial charge is 0.339 e. The van der Waals surface area contributed by atoms with Crippen molar-refractivity contribution in [3.63, 3.8) is 0 Å². The smallest absolute Gasteiger partial charge is 0.0784 e. The first kappa shape index (κ1) is 32.9. The molecule has 6 heteroatoms. The lowest BCUT2D eigenvalue weighted by molar-refractivity contribution is 0.587. The number of pyridine rings is 2. The van der Waals surface area contributed by atoms with Crippen molar-refractivity contribution in [2.45, 2.75) is 58.3 Å². The maximum atomic E-state index is 4.89. The molecule has 0 spiro atoms. The van der Waals surface area contributed by atoms with Crippen LogP contribution < -0.4 is 10.6 Å². The van der Waals surface area contributed by atoms with E-state index in [4.69, 9.17) is 9.97 Å². The number of nitrogens with one attached hydrogen (secondary N) is 2. The van der Waals surface area contributed by atoms with Crippen molar-refractivity contribution in [2.24, 2.45) is 0 Å². The molecule has 256 valence electrons. The van der Waals surface area contributed by atoms with Crippen LogP contribution in [0.15, 0.2) is 134 Å². The Morgan fingerprint density at radius 2 is 0.863 bits per heavy atom. The molecule has 8 aromatic rings. The molecule has 0 amide bonds. The topological polar surface area (TPSA) is 59.7 Å². The molecule has 0 atom stereocenters. The van der Waals surface area contributed by atoms with Crippen molar-refractivity contribution in [3.05, 3.63) is 156 Å². The molecule has 0 saturated heterocycles. The summed E-state index contributed by atoms with van der Waals surface area (Å²) in [5.74, 6) is 0. The molecule has 4 heterocycles. The molecular weight excluding hydrogens is 625 g/mol. The second kappa shape index (κ2) is 15.7. The average Bonchev–Trinajstić information content (AvgIpc) is 3.69. The standard InChI is InChI=1S/C45H46N6/c1-3-14-34(15-4-1)18-11-30-50-42-22-9-7-20-36(42)38-24-28-48-40(44(38)50)32-46-26-13-27-47-33-41-45-39(25-29-49-41)37-21-8-10-23-43(37)51(45)31-12-19-35-16-5-2-6-17-35/h1-10,14-17,20-25,28-29,46-47H,11-13,18-19,26-27,30-33H2. The molecule has 51 heavy (non-hydrogen) atoms. The van der Waals surface area contributed by atoms with Gasteiger partial charge in [-0.2, -0.15) is 0 Å². The molecule has 0 unspecified atom stereocenters. The lowest BCUT2D eigenvalue weighted by Gasteiger charge is -2.12. The van der Waals surface area contributed by atoms with Crippen molar-refractivity contribution in [2.75, 3.05) is 13.1 Å². The third kappa shape index (κ3) is 7.16. The van der Waals surface area contributed by atoms with Crippen LogP contribution >= 0.6 is 0 Å². The number of rotatable bonds is 16. The highest BCUT2D eigenvalue weighted by Gasteiger charge is 2.16. The maximum Gasteiger partial charge on any atom is 0.0784 e. The Morgan fingerprint density at radius 3 is 1.33 bits per heavy atom. The summed E-state index contributed by atoms with van der Waals surface area (Å²) in [5, 5.41) is 12.6. The lowest BCUT2D eigenvalue weighted by Crippen LogP contribution is -2.22. The highest BCUT2D eigenvalue weighted by atomic mass is 15.0. The number of aryl methyl sites for hydroxylation is 4. The van der Waals surface area contributed by atoms with Crippen LogP contribution in [-0.2, 0) is 39.0 Å². The van der Waals surface area contributed by atoms with Gasteiger partial charge in [0.05, 0.1) is 22.4 Å². The van der Waals surface area contributed by atoms with Gasteiger partial charge in [-0.25, -0.2) is 0 Å². The van der Waals surface area contributed by atoms with Crippen molar-refractivity contribution in [1.82, 2.24) is 29.7 Å². The molecule has 0 aliphatic carbocycles. The van der Waals surface area contributed by atoms with Gasteiger partial charge in [0.25, 0.3) is 0 Å². The number of nitrogens with zero attached hydrogens (tertiary/aromatic N) is 4. The molecule has 0 fully saturated rings. The second-order valence-electron chi connectivity index (χ2n) is 13.5. The predicted octanol–water partition coefficient (Wildman–Crippen LogP) is 9.23. The van der Waals surface area contributed by atoms with Crippen molar-refractivity contribution >= 4 is 43.6 Å². The monoisotopic (exact) mass is 670 g/mol. The van der Waals surface area contributed by atoms with Gasteiger partial charge < -0.3 is 19.8 Å². The van der Waals surface area contributed by atoms with E-state index in [1.54, 1.807) is 0 Å². The molecular formula is C45H46N6. The molecule has 4 aromatic heterocycles. The molecule has 0 saturated carbocycles. The molecule has 8 rings (SSSR count). The van der Waals surface area contributed by atoms with E-state index < -0.39 is 0 Å². The van der Waals surface area contributed by atoms with Gasteiger partial charge >= 0.3 is 0 Å². The Balaban J connectivity index is 0.900. The number of benzene rings is 4. The van der Waals surface area contributed by atoms with E-state index in [-0.39, 0.29) is 0 Å². The van der Waals surface area contributed by atoms with Gasteiger partial charge in [-0.1, -0.05) is 97.1 Å². The summed E-state index contributed by atoms with van der Waals surface area (Å²) in [4.78, 5) is 9.77. The first-order valence-corrected chi connectivity index (χ1v) is 18.5. The summed E-state index contributed by atoms with van der Waals surface area (Å²) >= 11 is 0. The van der Waals surface area contributed by atoms with E-state index in [1.165, 1.54) is 54.7 Å². The Bertz CT molecular complexity index is 2190. The maximum absolute atomic E-state index is 4.89. The zero-order valence-corrected chi connectivity index (χ0v) is 29.3. The van der Waals surface area contributed by atoms with E-state index in [0.717, 1.165) is 82.8 Å². The third-order valence-electron chi connectivity index (χ3n) is 10.2. The number of aromatic nitrogens is 4.